The van der Waals surface area contributed by atoms with Crippen LogP contribution < -0.4 is 5.32 Å². The van der Waals surface area contributed by atoms with Crippen LogP contribution in [0.2, 0.25) is 0 Å². The molecule has 0 aliphatic heterocycles. The lowest BCUT2D eigenvalue weighted by atomic mass is 10.4. The van der Waals surface area contributed by atoms with Gasteiger partial charge in [-0.25, -0.2) is 4.98 Å². The molecule has 0 aliphatic carbocycles. The first kappa shape index (κ1) is 8.30. The summed E-state index contributed by atoms with van der Waals surface area (Å²) in [7, 11) is 0. The second kappa shape index (κ2) is 3.60. The number of nitrogens with zero attached hydrogens (tertiary/aromatic N) is 4. The lowest BCUT2D eigenvalue weighted by molar-refractivity contribution is 0.102. The van der Waals surface area contributed by atoms with E-state index in [0.29, 0.717) is 5.82 Å². The number of carbonyl (C=O) groups excluding carboxylic acids is 1. The van der Waals surface area contributed by atoms with E-state index in [9.17, 15) is 4.79 Å². The van der Waals surface area contributed by atoms with Crippen molar-refractivity contribution < 1.29 is 4.79 Å². The summed E-state index contributed by atoms with van der Waals surface area (Å²) in [6.07, 6.45) is 5.70. The molecule has 14 heavy (non-hydrogen) atoms. The quantitative estimate of drug-likeness (QED) is 0.686. The lowest BCUT2D eigenvalue weighted by Gasteiger charge is -1.98. The van der Waals surface area contributed by atoms with Crippen molar-refractivity contribution >= 4 is 11.7 Å². The van der Waals surface area contributed by atoms with Crippen molar-refractivity contribution in [1.82, 2.24) is 25.4 Å². The summed E-state index contributed by atoms with van der Waals surface area (Å²) in [5, 5.41) is 12.1. The summed E-state index contributed by atoms with van der Waals surface area (Å²) < 4.78 is 0. The average molecular weight is 190 g/mol. The van der Waals surface area contributed by atoms with Gasteiger partial charge < -0.3 is 5.32 Å². The molecule has 0 spiro atoms. The van der Waals surface area contributed by atoms with Crippen LogP contribution in [-0.4, -0.2) is 31.3 Å². The highest BCUT2D eigenvalue weighted by Crippen LogP contribution is 1.99. The highest BCUT2D eigenvalue weighted by atomic mass is 16.2. The molecule has 0 aromatic carbocycles. The minimum absolute atomic E-state index is 0.232. The minimum Gasteiger partial charge on any atom is -0.302 e. The maximum Gasteiger partial charge on any atom is 0.277 e. The number of aromatic nitrogens is 5. The van der Waals surface area contributed by atoms with Gasteiger partial charge in [0.05, 0.1) is 12.4 Å². The van der Waals surface area contributed by atoms with Crippen molar-refractivity contribution in [3.05, 3.63) is 30.5 Å². The van der Waals surface area contributed by atoms with Crippen molar-refractivity contribution in [2.24, 2.45) is 0 Å². The predicted molar refractivity (Wildman–Crippen MR) is 46.4 cm³/mol. The molecule has 0 fully saturated rings. The molecule has 2 aromatic rings. The molecule has 2 aromatic heterocycles. The number of hydrogen-bond acceptors (Lipinski definition) is 5. The molecule has 7 nitrogen and oxygen atoms in total. The van der Waals surface area contributed by atoms with Gasteiger partial charge in [0.25, 0.3) is 5.91 Å². The minimum atomic E-state index is -0.369. The maximum atomic E-state index is 11.4. The van der Waals surface area contributed by atoms with Crippen LogP contribution in [0.3, 0.4) is 0 Å². The fourth-order valence-electron chi connectivity index (χ4n) is 0.859. The van der Waals surface area contributed by atoms with E-state index < -0.39 is 0 Å². The maximum absolute atomic E-state index is 11.4. The van der Waals surface area contributed by atoms with E-state index in [1.165, 1.54) is 24.8 Å². The van der Waals surface area contributed by atoms with Crippen LogP contribution in [0.1, 0.15) is 10.5 Å². The van der Waals surface area contributed by atoms with Crippen molar-refractivity contribution in [1.29, 1.82) is 0 Å². The van der Waals surface area contributed by atoms with E-state index >= 15 is 0 Å². The van der Waals surface area contributed by atoms with Gasteiger partial charge >= 0.3 is 0 Å². The van der Waals surface area contributed by atoms with Crippen LogP contribution in [0.15, 0.2) is 24.8 Å². The van der Waals surface area contributed by atoms with Crippen LogP contribution >= 0.6 is 0 Å². The topological polar surface area (TPSA) is 96.5 Å². The summed E-state index contributed by atoms with van der Waals surface area (Å²) in [6.45, 7) is 0. The van der Waals surface area contributed by atoms with Crippen molar-refractivity contribution in [3.8, 4) is 0 Å². The third-order valence-corrected chi connectivity index (χ3v) is 1.45. The molecular formula is C7H6N6O. The normalized spacial score (nSPS) is 9.71. The molecule has 2 heterocycles. The molecule has 2 rings (SSSR count). The number of H-pyrrole nitrogens is 1. The molecule has 0 aliphatic rings. The Labute approximate surface area is 78.6 Å². The van der Waals surface area contributed by atoms with Crippen molar-refractivity contribution in [2.75, 3.05) is 5.32 Å². The molecule has 1 amide bonds. The largest absolute Gasteiger partial charge is 0.302 e. The van der Waals surface area contributed by atoms with Crippen LogP contribution in [0.5, 0.6) is 0 Å². The third kappa shape index (κ3) is 1.71. The van der Waals surface area contributed by atoms with Crippen LogP contribution in [0, 0.1) is 0 Å². The molecule has 0 radical (unpaired) electrons. The zero-order valence-electron chi connectivity index (χ0n) is 7.01. The summed E-state index contributed by atoms with van der Waals surface area (Å²) in [5.41, 5.74) is 0.232. The summed E-state index contributed by atoms with van der Waals surface area (Å²) >= 11 is 0. The summed E-state index contributed by atoms with van der Waals surface area (Å²) in [4.78, 5) is 19.0. The highest BCUT2D eigenvalue weighted by Gasteiger charge is 2.07. The number of carbonyl (C=O) groups is 1. The number of aromatic amines is 1. The van der Waals surface area contributed by atoms with Gasteiger partial charge in [0, 0.05) is 12.4 Å². The van der Waals surface area contributed by atoms with Gasteiger partial charge in [0.2, 0.25) is 0 Å². The number of hydrogen-bond donors (Lipinski definition) is 2. The Morgan fingerprint density at radius 1 is 1.36 bits per heavy atom. The molecule has 0 saturated heterocycles. The van der Waals surface area contributed by atoms with Gasteiger partial charge in [-0.15, -0.1) is 5.10 Å². The van der Waals surface area contributed by atoms with E-state index in [1.54, 1.807) is 0 Å². The Kier molecular flexibility index (Phi) is 2.14. The van der Waals surface area contributed by atoms with E-state index in [2.05, 4.69) is 30.7 Å². The van der Waals surface area contributed by atoms with E-state index in [4.69, 9.17) is 0 Å². The van der Waals surface area contributed by atoms with Gasteiger partial charge in [-0.05, 0) is 0 Å². The number of amides is 1. The Bertz CT molecular complexity index is 411. The van der Waals surface area contributed by atoms with Gasteiger partial charge in [0.15, 0.2) is 5.82 Å². The smallest absolute Gasteiger partial charge is 0.277 e. The fraction of sp³-hybridized carbons (Fsp3) is 0. The average Bonchev–Trinajstić information content (AvgIpc) is 2.72. The lowest BCUT2D eigenvalue weighted by Crippen LogP contribution is -2.13. The molecule has 0 bridgehead atoms. The monoisotopic (exact) mass is 190 g/mol. The van der Waals surface area contributed by atoms with Crippen LogP contribution in [0.4, 0.5) is 5.82 Å². The van der Waals surface area contributed by atoms with Gasteiger partial charge in [0.1, 0.15) is 5.69 Å². The Morgan fingerprint density at radius 2 is 2.29 bits per heavy atom. The number of anilines is 1. The molecule has 2 N–H and O–H groups in total. The Balaban J connectivity index is 2.11. The molecule has 0 atom stereocenters. The second-order valence-corrected chi connectivity index (χ2v) is 2.40. The first-order valence-corrected chi connectivity index (χ1v) is 3.79. The summed E-state index contributed by atoms with van der Waals surface area (Å²) in [5.74, 6) is -0.0207. The third-order valence-electron chi connectivity index (χ3n) is 1.45. The molecular weight excluding hydrogens is 184 g/mol. The van der Waals surface area contributed by atoms with E-state index in [-0.39, 0.29) is 11.6 Å². The highest BCUT2D eigenvalue weighted by molar-refractivity contribution is 6.01. The standard InChI is InChI=1S/C7H6N6O/c14-7(5-3-8-1-2-9-5)11-6-4-10-13-12-6/h1-4H,(H2,10,11,12,13,14). The first-order chi connectivity index (χ1) is 6.86. The Morgan fingerprint density at radius 3 is 2.93 bits per heavy atom. The van der Waals surface area contributed by atoms with Crippen molar-refractivity contribution in [3.63, 3.8) is 0 Å². The zero-order valence-corrected chi connectivity index (χ0v) is 7.01. The first-order valence-electron chi connectivity index (χ1n) is 3.79. The Hall–Kier alpha value is -2.31. The number of nitrogens with one attached hydrogen (secondary N) is 2. The van der Waals surface area contributed by atoms with E-state index in [1.807, 2.05) is 0 Å². The van der Waals surface area contributed by atoms with Gasteiger partial charge in [-0.3, -0.25) is 9.78 Å². The fourth-order valence-corrected chi connectivity index (χ4v) is 0.859. The molecule has 70 valence electrons. The predicted octanol–water partition coefficient (Wildman–Crippen LogP) is -0.153. The summed E-state index contributed by atoms with van der Waals surface area (Å²) in [6, 6.07) is 0. The zero-order chi connectivity index (χ0) is 9.80. The van der Waals surface area contributed by atoms with Crippen molar-refractivity contribution in [2.45, 2.75) is 0 Å². The number of rotatable bonds is 2. The SMILES string of the molecule is O=C(Nc1cn[nH]n1)c1cnccn1. The molecule has 7 heteroatoms. The van der Waals surface area contributed by atoms with Gasteiger partial charge in [-0.1, -0.05) is 0 Å². The van der Waals surface area contributed by atoms with Gasteiger partial charge in [-0.2, -0.15) is 10.3 Å². The van der Waals surface area contributed by atoms with Crippen LogP contribution in [0.25, 0.3) is 0 Å². The molecule has 0 unspecified atom stereocenters. The molecule has 0 saturated carbocycles. The second-order valence-electron chi connectivity index (χ2n) is 2.40. The van der Waals surface area contributed by atoms with Crippen LogP contribution in [-0.2, 0) is 0 Å². The van der Waals surface area contributed by atoms with E-state index in [0.717, 1.165) is 0 Å².